The first-order valence-corrected chi connectivity index (χ1v) is 7.21. The number of hydrogen-bond donors (Lipinski definition) is 1. The smallest absolute Gasteiger partial charge is 0.317 e. The van der Waals surface area contributed by atoms with Gasteiger partial charge in [0.25, 0.3) is 0 Å². The van der Waals surface area contributed by atoms with Crippen LogP contribution in [0, 0.1) is 0 Å². The van der Waals surface area contributed by atoms with Crippen LogP contribution in [0.3, 0.4) is 0 Å². The molecule has 2 rings (SSSR count). The van der Waals surface area contributed by atoms with Crippen molar-refractivity contribution in [1.82, 2.24) is 4.90 Å². The third-order valence-electron chi connectivity index (χ3n) is 3.00. The number of hydrogen-bond acceptors (Lipinski definition) is 2. The Labute approximate surface area is 145 Å². The molecule has 118 valence electrons. The van der Waals surface area contributed by atoms with Crippen LogP contribution in [0.5, 0.6) is 0 Å². The Morgan fingerprint density at radius 3 is 1.55 bits per heavy atom. The molecule has 0 amide bonds. The average molecular weight is 361 g/mol. The molecule has 0 saturated carbocycles. The molecule has 0 radical (unpaired) electrons. The zero-order valence-corrected chi connectivity index (χ0v) is 14.0. The van der Waals surface area contributed by atoms with E-state index in [4.69, 9.17) is 28.3 Å². The molecule has 0 aliphatic carbocycles. The lowest BCUT2D eigenvalue weighted by Crippen LogP contribution is -2.28. The van der Waals surface area contributed by atoms with E-state index < -0.39 is 5.97 Å². The molecule has 2 aromatic carbocycles. The molecule has 0 saturated heterocycles. The first-order valence-electron chi connectivity index (χ1n) is 6.46. The van der Waals surface area contributed by atoms with Crippen LogP contribution in [0.15, 0.2) is 48.5 Å². The predicted molar refractivity (Wildman–Crippen MR) is 91.9 cm³/mol. The molecule has 0 heterocycles. The van der Waals surface area contributed by atoms with Gasteiger partial charge in [-0.05, 0) is 35.4 Å². The molecule has 0 spiro atoms. The second-order valence-corrected chi connectivity index (χ2v) is 5.66. The Morgan fingerprint density at radius 1 is 0.864 bits per heavy atom. The van der Waals surface area contributed by atoms with E-state index in [-0.39, 0.29) is 19.0 Å². The fourth-order valence-electron chi connectivity index (χ4n) is 2.06. The Kier molecular flexibility index (Phi) is 7.69. The minimum absolute atomic E-state index is 0. The minimum Gasteiger partial charge on any atom is -0.480 e. The predicted octanol–water partition coefficient (Wildman–Crippen LogP) is 4.50. The lowest BCUT2D eigenvalue weighted by Gasteiger charge is -2.20. The molecule has 0 aliphatic rings. The van der Waals surface area contributed by atoms with Gasteiger partial charge in [-0.2, -0.15) is 0 Å². The molecule has 2 aromatic rings. The molecule has 3 nitrogen and oxygen atoms in total. The van der Waals surface area contributed by atoms with Crippen molar-refractivity contribution < 1.29 is 9.90 Å². The Bertz CT molecular complexity index is 552. The van der Waals surface area contributed by atoms with Crippen LogP contribution >= 0.6 is 35.6 Å². The highest BCUT2D eigenvalue weighted by atomic mass is 35.5. The fourth-order valence-corrected chi connectivity index (χ4v) is 2.31. The van der Waals surface area contributed by atoms with Crippen LogP contribution in [0.4, 0.5) is 0 Å². The summed E-state index contributed by atoms with van der Waals surface area (Å²) in [6.07, 6.45) is 0. The minimum atomic E-state index is -0.849. The van der Waals surface area contributed by atoms with E-state index in [2.05, 4.69) is 0 Å². The van der Waals surface area contributed by atoms with Crippen LogP contribution in [-0.4, -0.2) is 22.5 Å². The molecule has 0 unspecified atom stereocenters. The summed E-state index contributed by atoms with van der Waals surface area (Å²) < 4.78 is 0. The molecule has 0 fully saturated rings. The zero-order chi connectivity index (χ0) is 15.2. The van der Waals surface area contributed by atoms with E-state index in [1.807, 2.05) is 29.2 Å². The number of aliphatic carboxylic acids is 1. The Balaban J connectivity index is 0.00000242. The largest absolute Gasteiger partial charge is 0.480 e. The van der Waals surface area contributed by atoms with Crippen molar-refractivity contribution in [2.45, 2.75) is 13.1 Å². The van der Waals surface area contributed by atoms with E-state index in [1.165, 1.54) is 0 Å². The molecule has 0 aliphatic heterocycles. The summed E-state index contributed by atoms with van der Waals surface area (Å²) in [7, 11) is 0. The highest BCUT2D eigenvalue weighted by molar-refractivity contribution is 6.30. The average Bonchev–Trinajstić information content (AvgIpc) is 2.43. The van der Waals surface area contributed by atoms with Crippen LogP contribution in [0.2, 0.25) is 10.0 Å². The number of carboxylic acids is 1. The molecule has 22 heavy (non-hydrogen) atoms. The van der Waals surface area contributed by atoms with E-state index in [0.29, 0.717) is 23.1 Å². The lowest BCUT2D eigenvalue weighted by atomic mass is 10.1. The third-order valence-corrected chi connectivity index (χ3v) is 3.50. The summed E-state index contributed by atoms with van der Waals surface area (Å²) in [5.41, 5.74) is 2.05. The Hall–Kier alpha value is -1.26. The maximum atomic E-state index is 11.0. The molecular weight excluding hydrogens is 345 g/mol. The van der Waals surface area contributed by atoms with Crippen LogP contribution in [-0.2, 0) is 17.9 Å². The van der Waals surface area contributed by atoms with Gasteiger partial charge in [0, 0.05) is 23.1 Å². The SMILES string of the molecule is Cl.O=C(O)CN(Cc1ccc(Cl)cc1)Cc1ccc(Cl)cc1. The van der Waals surface area contributed by atoms with Gasteiger partial charge in [0.05, 0.1) is 6.54 Å². The number of carbonyl (C=O) groups is 1. The van der Waals surface area contributed by atoms with Crippen LogP contribution < -0.4 is 0 Å². The molecule has 0 aromatic heterocycles. The summed E-state index contributed by atoms with van der Waals surface area (Å²) in [6, 6.07) is 14.8. The summed E-state index contributed by atoms with van der Waals surface area (Å²) >= 11 is 11.7. The summed E-state index contributed by atoms with van der Waals surface area (Å²) in [5.74, 6) is -0.849. The number of rotatable bonds is 6. The van der Waals surface area contributed by atoms with Crippen molar-refractivity contribution in [2.24, 2.45) is 0 Å². The second-order valence-electron chi connectivity index (χ2n) is 4.79. The van der Waals surface area contributed by atoms with Crippen molar-refractivity contribution in [3.05, 3.63) is 69.7 Å². The summed E-state index contributed by atoms with van der Waals surface area (Å²) in [6.45, 7) is 1.07. The van der Waals surface area contributed by atoms with Crippen LogP contribution in [0.25, 0.3) is 0 Å². The molecule has 0 atom stereocenters. The number of benzene rings is 2. The van der Waals surface area contributed by atoms with Crippen molar-refractivity contribution in [2.75, 3.05) is 6.54 Å². The van der Waals surface area contributed by atoms with Gasteiger partial charge in [0.15, 0.2) is 0 Å². The highest BCUT2D eigenvalue weighted by Gasteiger charge is 2.11. The topological polar surface area (TPSA) is 40.5 Å². The fraction of sp³-hybridized carbons (Fsp3) is 0.188. The Morgan fingerprint density at radius 2 is 1.23 bits per heavy atom. The summed E-state index contributed by atoms with van der Waals surface area (Å²) in [5, 5.41) is 10.4. The van der Waals surface area contributed by atoms with Crippen LogP contribution in [0.1, 0.15) is 11.1 Å². The van der Waals surface area contributed by atoms with E-state index >= 15 is 0 Å². The third kappa shape index (κ3) is 6.24. The molecular formula is C16H16Cl3NO2. The molecule has 1 N–H and O–H groups in total. The normalized spacial score (nSPS) is 10.3. The van der Waals surface area contributed by atoms with Gasteiger partial charge >= 0.3 is 5.97 Å². The molecule has 0 bridgehead atoms. The van der Waals surface area contributed by atoms with Gasteiger partial charge in [-0.15, -0.1) is 12.4 Å². The maximum Gasteiger partial charge on any atom is 0.317 e. The van der Waals surface area contributed by atoms with E-state index in [1.54, 1.807) is 24.3 Å². The van der Waals surface area contributed by atoms with Crippen molar-refractivity contribution >= 4 is 41.6 Å². The first kappa shape index (κ1) is 18.8. The quantitative estimate of drug-likeness (QED) is 0.824. The number of carboxylic acid groups (broad SMARTS) is 1. The number of halogens is 3. The van der Waals surface area contributed by atoms with Crippen molar-refractivity contribution in [3.63, 3.8) is 0 Å². The van der Waals surface area contributed by atoms with Gasteiger partial charge in [-0.25, -0.2) is 0 Å². The van der Waals surface area contributed by atoms with Gasteiger partial charge in [0.2, 0.25) is 0 Å². The maximum absolute atomic E-state index is 11.0. The zero-order valence-electron chi connectivity index (χ0n) is 11.7. The van der Waals surface area contributed by atoms with Gasteiger partial charge in [0.1, 0.15) is 0 Å². The van der Waals surface area contributed by atoms with E-state index in [0.717, 1.165) is 11.1 Å². The van der Waals surface area contributed by atoms with Crippen molar-refractivity contribution in [3.8, 4) is 0 Å². The van der Waals surface area contributed by atoms with E-state index in [9.17, 15) is 4.79 Å². The second kappa shape index (κ2) is 9.01. The van der Waals surface area contributed by atoms with Gasteiger partial charge in [-0.3, -0.25) is 9.69 Å². The highest BCUT2D eigenvalue weighted by Crippen LogP contribution is 2.15. The van der Waals surface area contributed by atoms with Gasteiger partial charge < -0.3 is 5.11 Å². The van der Waals surface area contributed by atoms with Gasteiger partial charge in [-0.1, -0.05) is 47.5 Å². The first-order chi connectivity index (χ1) is 10.0. The standard InChI is InChI=1S/C16H15Cl2NO2.ClH/c17-14-5-1-12(2-6-14)9-19(11-16(20)21)10-13-3-7-15(18)8-4-13;/h1-8H,9-11H2,(H,20,21);1H. The lowest BCUT2D eigenvalue weighted by molar-refractivity contribution is -0.138. The molecule has 6 heteroatoms. The van der Waals surface area contributed by atoms with Crippen molar-refractivity contribution in [1.29, 1.82) is 0 Å². The summed E-state index contributed by atoms with van der Waals surface area (Å²) in [4.78, 5) is 12.9. The monoisotopic (exact) mass is 359 g/mol. The number of nitrogens with zero attached hydrogens (tertiary/aromatic N) is 1.